The number of nitrogens with zero attached hydrogens (tertiary/aromatic N) is 3. The SMILES string of the molecule is Cc1nc(C(=O)NCC(C)CO)nn1-c1ccc(Cl)cc1. The first kappa shape index (κ1) is 15.5. The number of carbonyl (C=O) groups excluding carboxylic acids is 1. The van der Waals surface area contributed by atoms with Crippen molar-refractivity contribution in [2.75, 3.05) is 13.2 Å². The molecule has 1 aromatic carbocycles. The number of aliphatic hydroxyl groups excluding tert-OH is 1. The van der Waals surface area contributed by atoms with Gasteiger partial charge in [0.05, 0.1) is 5.69 Å². The fourth-order valence-corrected chi connectivity index (χ4v) is 1.85. The highest BCUT2D eigenvalue weighted by Crippen LogP contribution is 2.14. The molecule has 0 radical (unpaired) electrons. The molecule has 0 fully saturated rings. The standard InChI is InChI=1S/C14H17ClN4O2/c1-9(8-20)7-16-14(21)13-17-10(2)19(18-13)12-5-3-11(15)4-6-12/h3-6,9,20H,7-8H2,1-2H3,(H,16,21). The predicted octanol–water partition coefficient (Wildman–Crippen LogP) is 1.59. The summed E-state index contributed by atoms with van der Waals surface area (Å²) in [5, 5.41) is 16.5. The molecule has 112 valence electrons. The lowest BCUT2D eigenvalue weighted by molar-refractivity contribution is 0.0932. The van der Waals surface area contributed by atoms with Gasteiger partial charge in [0.15, 0.2) is 0 Å². The van der Waals surface area contributed by atoms with Crippen LogP contribution in [0.15, 0.2) is 24.3 Å². The monoisotopic (exact) mass is 308 g/mol. The normalized spacial score (nSPS) is 12.2. The average Bonchev–Trinajstić information content (AvgIpc) is 2.87. The molecule has 0 aliphatic heterocycles. The van der Waals surface area contributed by atoms with Gasteiger partial charge in [-0.3, -0.25) is 4.79 Å². The van der Waals surface area contributed by atoms with Crippen molar-refractivity contribution in [2.24, 2.45) is 5.92 Å². The van der Waals surface area contributed by atoms with Crippen LogP contribution in [-0.2, 0) is 0 Å². The maximum Gasteiger partial charge on any atom is 0.290 e. The van der Waals surface area contributed by atoms with Gasteiger partial charge in [-0.05, 0) is 37.1 Å². The Labute approximate surface area is 127 Å². The molecular weight excluding hydrogens is 292 g/mol. The molecule has 2 N–H and O–H groups in total. The van der Waals surface area contributed by atoms with E-state index in [4.69, 9.17) is 16.7 Å². The third kappa shape index (κ3) is 3.80. The molecule has 0 saturated carbocycles. The van der Waals surface area contributed by atoms with E-state index in [1.165, 1.54) is 0 Å². The molecule has 6 nitrogen and oxygen atoms in total. The molecule has 2 aromatic rings. The second-order valence-corrected chi connectivity index (χ2v) is 5.31. The number of hydrogen-bond acceptors (Lipinski definition) is 4. The minimum absolute atomic E-state index is 0.00611. The molecule has 1 heterocycles. The number of carbonyl (C=O) groups is 1. The molecule has 21 heavy (non-hydrogen) atoms. The summed E-state index contributed by atoms with van der Waals surface area (Å²) in [7, 11) is 0. The molecule has 1 unspecified atom stereocenters. The van der Waals surface area contributed by atoms with Gasteiger partial charge in [-0.1, -0.05) is 18.5 Å². The van der Waals surface area contributed by atoms with Gasteiger partial charge >= 0.3 is 0 Å². The summed E-state index contributed by atoms with van der Waals surface area (Å²) in [4.78, 5) is 16.1. The van der Waals surface area contributed by atoms with Crippen molar-refractivity contribution >= 4 is 17.5 Å². The third-order valence-corrected chi connectivity index (χ3v) is 3.22. The van der Waals surface area contributed by atoms with Crippen molar-refractivity contribution in [3.05, 3.63) is 40.9 Å². The Hall–Kier alpha value is -1.92. The first-order chi connectivity index (χ1) is 10.0. The van der Waals surface area contributed by atoms with Crippen LogP contribution in [0.2, 0.25) is 5.02 Å². The summed E-state index contributed by atoms with van der Waals surface area (Å²) in [6, 6.07) is 7.11. The molecular formula is C14H17ClN4O2. The zero-order valence-corrected chi connectivity index (χ0v) is 12.6. The quantitative estimate of drug-likeness (QED) is 0.879. The number of nitrogens with one attached hydrogen (secondary N) is 1. The number of aryl methyl sites for hydroxylation is 1. The zero-order valence-electron chi connectivity index (χ0n) is 11.9. The maximum atomic E-state index is 12.0. The largest absolute Gasteiger partial charge is 0.396 e. The molecule has 0 bridgehead atoms. The van der Waals surface area contributed by atoms with E-state index in [0.29, 0.717) is 17.4 Å². The van der Waals surface area contributed by atoms with Crippen molar-refractivity contribution in [3.63, 3.8) is 0 Å². The molecule has 1 atom stereocenters. The number of hydrogen-bond donors (Lipinski definition) is 2. The second-order valence-electron chi connectivity index (χ2n) is 4.87. The van der Waals surface area contributed by atoms with Gasteiger partial charge in [0.2, 0.25) is 5.82 Å². The van der Waals surface area contributed by atoms with E-state index in [1.54, 1.807) is 35.9 Å². The Morgan fingerprint density at radius 3 is 2.71 bits per heavy atom. The molecule has 7 heteroatoms. The fourth-order valence-electron chi connectivity index (χ4n) is 1.72. The summed E-state index contributed by atoms with van der Waals surface area (Å²) in [6.45, 7) is 4.01. The van der Waals surface area contributed by atoms with Gasteiger partial charge < -0.3 is 10.4 Å². The van der Waals surface area contributed by atoms with Gasteiger partial charge in [-0.2, -0.15) is 0 Å². The highest BCUT2D eigenvalue weighted by molar-refractivity contribution is 6.30. The minimum Gasteiger partial charge on any atom is -0.396 e. The van der Waals surface area contributed by atoms with Gasteiger partial charge in [-0.15, -0.1) is 5.10 Å². The van der Waals surface area contributed by atoms with Crippen molar-refractivity contribution in [3.8, 4) is 5.69 Å². The average molecular weight is 309 g/mol. The lowest BCUT2D eigenvalue weighted by Crippen LogP contribution is -2.30. The Kier molecular flexibility index (Phi) is 4.93. The fraction of sp³-hybridized carbons (Fsp3) is 0.357. The lowest BCUT2D eigenvalue weighted by atomic mass is 10.2. The van der Waals surface area contributed by atoms with Crippen molar-refractivity contribution in [1.29, 1.82) is 0 Å². The van der Waals surface area contributed by atoms with E-state index in [9.17, 15) is 4.79 Å². The molecule has 2 rings (SSSR count). The first-order valence-corrected chi connectivity index (χ1v) is 6.97. The lowest BCUT2D eigenvalue weighted by Gasteiger charge is -2.07. The summed E-state index contributed by atoms with van der Waals surface area (Å²) in [5.41, 5.74) is 0.784. The Bertz CT molecular complexity index is 624. The van der Waals surface area contributed by atoms with Crippen LogP contribution < -0.4 is 5.32 Å². The molecule has 1 amide bonds. The highest BCUT2D eigenvalue weighted by Gasteiger charge is 2.15. The van der Waals surface area contributed by atoms with Crippen LogP contribution in [-0.4, -0.2) is 38.9 Å². The predicted molar refractivity (Wildman–Crippen MR) is 79.7 cm³/mol. The topological polar surface area (TPSA) is 80.0 Å². The smallest absolute Gasteiger partial charge is 0.290 e. The van der Waals surface area contributed by atoms with Crippen LogP contribution in [0.4, 0.5) is 0 Å². The van der Waals surface area contributed by atoms with E-state index < -0.39 is 0 Å². The number of amides is 1. The minimum atomic E-state index is -0.355. The second kappa shape index (κ2) is 6.69. The zero-order chi connectivity index (χ0) is 15.4. The Morgan fingerprint density at radius 1 is 1.43 bits per heavy atom. The van der Waals surface area contributed by atoms with Crippen molar-refractivity contribution < 1.29 is 9.90 Å². The van der Waals surface area contributed by atoms with Crippen LogP contribution in [0.3, 0.4) is 0 Å². The number of halogens is 1. The summed E-state index contributed by atoms with van der Waals surface area (Å²) in [5.74, 6) is 0.352. The molecule has 0 saturated heterocycles. The first-order valence-electron chi connectivity index (χ1n) is 6.60. The number of benzene rings is 1. The van der Waals surface area contributed by atoms with E-state index in [2.05, 4.69) is 15.4 Å². The number of rotatable bonds is 5. The van der Waals surface area contributed by atoms with Crippen LogP contribution >= 0.6 is 11.6 Å². The molecule has 0 spiro atoms. The van der Waals surface area contributed by atoms with Crippen molar-refractivity contribution in [2.45, 2.75) is 13.8 Å². The Balaban J connectivity index is 2.15. The van der Waals surface area contributed by atoms with Crippen LogP contribution in [0.25, 0.3) is 5.69 Å². The van der Waals surface area contributed by atoms with Gasteiger partial charge in [0, 0.05) is 18.2 Å². The van der Waals surface area contributed by atoms with E-state index >= 15 is 0 Å². The summed E-state index contributed by atoms with van der Waals surface area (Å²) < 4.78 is 1.58. The number of aromatic nitrogens is 3. The molecule has 1 aromatic heterocycles. The maximum absolute atomic E-state index is 12.0. The molecule has 0 aliphatic carbocycles. The Morgan fingerprint density at radius 2 is 2.10 bits per heavy atom. The molecule has 0 aliphatic rings. The van der Waals surface area contributed by atoms with E-state index in [0.717, 1.165) is 5.69 Å². The van der Waals surface area contributed by atoms with Crippen LogP contribution in [0.1, 0.15) is 23.4 Å². The van der Waals surface area contributed by atoms with E-state index in [1.807, 2.05) is 6.92 Å². The highest BCUT2D eigenvalue weighted by atomic mass is 35.5. The summed E-state index contributed by atoms with van der Waals surface area (Å²) >= 11 is 5.85. The summed E-state index contributed by atoms with van der Waals surface area (Å²) in [6.07, 6.45) is 0. The van der Waals surface area contributed by atoms with Crippen LogP contribution in [0.5, 0.6) is 0 Å². The van der Waals surface area contributed by atoms with Gasteiger partial charge in [0.25, 0.3) is 5.91 Å². The van der Waals surface area contributed by atoms with E-state index in [-0.39, 0.29) is 24.3 Å². The van der Waals surface area contributed by atoms with Gasteiger partial charge in [-0.25, -0.2) is 9.67 Å². The third-order valence-electron chi connectivity index (χ3n) is 2.97. The van der Waals surface area contributed by atoms with Crippen molar-refractivity contribution in [1.82, 2.24) is 20.1 Å². The van der Waals surface area contributed by atoms with Crippen LogP contribution in [0, 0.1) is 12.8 Å². The van der Waals surface area contributed by atoms with Gasteiger partial charge in [0.1, 0.15) is 5.82 Å². The number of aliphatic hydroxyl groups is 1.